The third kappa shape index (κ3) is 3.37. The molecule has 1 aromatic rings. The second-order valence-corrected chi connectivity index (χ2v) is 8.54. The van der Waals surface area contributed by atoms with Gasteiger partial charge in [0.15, 0.2) is 12.5 Å². The van der Waals surface area contributed by atoms with Gasteiger partial charge in [-0.15, -0.1) is 6.58 Å². The second-order valence-electron chi connectivity index (χ2n) is 8.54. The summed E-state index contributed by atoms with van der Waals surface area (Å²) in [7, 11) is 0. The van der Waals surface area contributed by atoms with E-state index in [9.17, 15) is 10.2 Å². The summed E-state index contributed by atoms with van der Waals surface area (Å²) in [5.41, 5.74) is 1.66. The summed E-state index contributed by atoms with van der Waals surface area (Å²) >= 11 is 0. The van der Waals surface area contributed by atoms with Crippen LogP contribution in [0.5, 0.6) is 0 Å². The minimum atomic E-state index is -0.894. The molecule has 0 amide bonds. The summed E-state index contributed by atoms with van der Waals surface area (Å²) in [5, 5.41) is 32.7. The van der Waals surface area contributed by atoms with Crippen LogP contribution in [0.4, 0.5) is 5.82 Å². The van der Waals surface area contributed by atoms with Crippen LogP contribution in [0.3, 0.4) is 0 Å². The molecular formula is C22H31N7O2. The topological polar surface area (TPSA) is 99.5 Å². The molecule has 4 aliphatic rings. The molecule has 3 atom stereocenters. The number of fused-ring (bicyclic) bond motifs is 1. The Bertz CT molecular complexity index is 926. The number of rotatable bonds is 5. The highest BCUT2D eigenvalue weighted by Gasteiger charge is 2.43. The van der Waals surface area contributed by atoms with Gasteiger partial charge in [-0.1, -0.05) is 19.1 Å². The van der Waals surface area contributed by atoms with Crippen molar-refractivity contribution in [3.8, 4) is 0 Å². The molecule has 0 aromatic carbocycles. The fraction of sp³-hybridized carbons (Fsp3) is 0.545. The smallest absolute Gasteiger partial charge is 0.177 e. The Morgan fingerprint density at radius 3 is 2.87 bits per heavy atom. The van der Waals surface area contributed by atoms with E-state index < -0.39 is 11.8 Å². The quantitative estimate of drug-likeness (QED) is 0.498. The number of anilines is 1. The summed E-state index contributed by atoms with van der Waals surface area (Å²) in [6.07, 6.45) is 4.63. The Hall–Kier alpha value is -2.30. The van der Waals surface area contributed by atoms with E-state index in [0.29, 0.717) is 30.8 Å². The Morgan fingerprint density at radius 2 is 2.13 bits per heavy atom. The number of aliphatic hydroxyl groups excluding tert-OH is 1. The third-order valence-electron chi connectivity index (χ3n) is 6.75. The average molecular weight is 426 g/mol. The van der Waals surface area contributed by atoms with Crippen molar-refractivity contribution in [2.75, 3.05) is 37.7 Å². The normalized spacial score (nSPS) is 31.0. The van der Waals surface area contributed by atoms with Crippen molar-refractivity contribution in [3.63, 3.8) is 0 Å². The molecule has 9 heteroatoms. The molecule has 2 unspecified atom stereocenters. The first-order chi connectivity index (χ1) is 15.1. The van der Waals surface area contributed by atoms with Gasteiger partial charge in [-0.25, -0.2) is 9.99 Å². The number of aliphatic hydroxyl groups is 2. The van der Waals surface area contributed by atoms with Crippen molar-refractivity contribution >= 4 is 12.0 Å². The molecule has 9 nitrogen and oxygen atoms in total. The van der Waals surface area contributed by atoms with Crippen LogP contribution in [0.2, 0.25) is 0 Å². The first-order valence-electron chi connectivity index (χ1n) is 11.1. The number of hydrogen-bond acceptors (Lipinski definition) is 9. The molecule has 1 saturated heterocycles. The number of pyridine rings is 1. The average Bonchev–Trinajstić information content (AvgIpc) is 3.29. The van der Waals surface area contributed by atoms with Crippen LogP contribution in [0, 0.1) is 0 Å². The summed E-state index contributed by atoms with van der Waals surface area (Å²) in [5.74, 6) is 1.44. The third-order valence-corrected chi connectivity index (χ3v) is 6.75. The second kappa shape index (κ2) is 7.99. The molecule has 166 valence electrons. The van der Waals surface area contributed by atoms with E-state index in [0.717, 1.165) is 49.7 Å². The fourth-order valence-electron chi connectivity index (χ4n) is 4.90. The molecule has 0 bridgehead atoms. The molecule has 0 saturated carbocycles. The number of nitrogens with zero attached hydrogens (tertiary/aromatic N) is 5. The van der Waals surface area contributed by atoms with Gasteiger partial charge in [0.1, 0.15) is 17.2 Å². The van der Waals surface area contributed by atoms with Gasteiger partial charge in [0, 0.05) is 38.9 Å². The van der Waals surface area contributed by atoms with Crippen molar-refractivity contribution < 1.29 is 10.2 Å². The predicted octanol–water partition coefficient (Wildman–Crippen LogP) is 0.241. The molecule has 31 heavy (non-hydrogen) atoms. The van der Waals surface area contributed by atoms with Crippen LogP contribution in [0.1, 0.15) is 31.0 Å². The lowest BCUT2D eigenvalue weighted by Crippen LogP contribution is -2.55. The highest BCUT2D eigenvalue weighted by molar-refractivity contribution is 5.84. The van der Waals surface area contributed by atoms with Crippen molar-refractivity contribution in [2.24, 2.45) is 4.99 Å². The summed E-state index contributed by atoms with van der Waals surface area (Å²) < 4.78 is 0. The zero-order chi connectivity index (χ0) is 21.6. The number of aliphatic imine (C=N–C) groups is 1. The fourth-order valence-corrected chi connectivity index (χ4v) is 4.90. The Labute approximate surface area is 182 Å². The number of hydrogen-bond donors (Lipinski definition) is 4. The van der Waals surface area contributed by atoms with Gasteiger partial charge >= 0.3 is 0 Å². The van der Waals surface area contributed by atoms with Gasteiger partial charge < -0.3 is 20.8 Å². The van der Waals surface area contributed by atoms with Gasteiger partial charge in [-0.3, -0.25) is 9.89 Å². The lowest BCUT2D eigenvalue weighted by molar-refractivity contribution is 0.0303. The molecular weight excluding hydrogens is 394 g/mol. The van der Waals surface area contributed by atoms with E-state index >= 15 is 0 Å². The zero-order valence-corrected chi connectivity index (χ0v) is 18.0. The lowest BCUT2D eigenvalue weighted by atomic mass is 9.98. The Balaban J connectivity index is 1.51. The van der Waals surface area contributed by atoms with Crippen LogP contribution in [-0.2, 0) is 12.0 Å². The monoisotopic (exact) mass is 425 g/mol. The molecule has 4 heterocycles. The van der Waals surface area contributed by atoms with Crippen molar-refractivity contribution in [1.82, 2.24) is 25.5 Å². The van der Waals surface area contributed by atoms with Gasteiger partial charge in [-0.05, 0) is 30.9 Å². The Kier molecular flexibility index (Phi) is 5.31. The summed E-state index contributed by atoms with van der Waals surface area (Å²) in [6, 6.07) is 4.01. The zero-order valence-electron chi connectivity index (χ0n) is 18.0. The minimum Gasteiger partial charge on any atom is -0.384 e. The molecule has 0 spiro atoms. The maximum absolute atomic E-state index is 11.1. The number of nitrogens with one attached hydrogen (secondary N) is 2. The van der Waals surface area contributed by atoms with Gasteiger partial charge in [0.2, 0.25) is 0 Å². The van der Waals surface area contributed by atoms with E-state index in [1.165, 1.54) is 0 Å². The summed E-state index contributed by atoms with van der Waals surface area (Å²) in [4.78, 5) is 11.9. The van der Waals surface area contributed by atoms with Crippen LogP contribution < -0.4 is 15.6 Å². The first-order valence-corrected chi connectivity index (χ1v) is 11.1. The van der Waals surface area contributed by atoms with E-state index in [2.05, 4.69) is 27.1 Å². The Morgan fingerprint density at radius 1 is 1.32 bits per heavy atom. The maximum atomic E-state index is 11.1. The largest absolute Gasteiger partial charge is 0.384 e. The lowest BCUT2D eigenvalue weighted by Gasteiger charge is -2.37. The van der Waals surface area contributed by atoms with E-state index in [1.54, 1.807) is 12.3 Å². The molecule has 0 radical (unpaired) electrons. The van der Waals surface area contributed by atoms with E-state index in [1.807, 2.05) is 29.1 Å². The molecule has 1 aromatic heterocycles. The number of piperazine rings is 1. The number of aryl methyl sites for hydroxylation is 1. The maximum Gasteiger partial charge on any atom is 0.177 e. The predicted molar refractivity (Wildman–Crippen MR) is 119 cm³/mol. The summed E-state index contributed by atoms with van der Waals surface area (Å²) in [6.45, 7) is 9.95. The SMILES string of the molecule is C=CCN1C(O)C2=C(NC(N3CCNCC3)N=C2)N1c1ccc2c(n1)[C@@](O)(CC)CC2. The van der Waals surface area contributed by atoms with Gasteiger partial charge in [0.25, 0.3) is 0 Å². The molecule has 5 rings (SSSR count). The van der Waals surface area contributed by atoms with Gasteiger partial charge in [0.05, 0.1) is 11.3 Å². The number of hydrazine groups is 1. The van der Waals surface area contributed by atoms with E-state index in [-0.39, 0.29) is 6.29 Å². The molecule has 3 aliphatic heterocycles. The van der Waals surface area contributed by atoms with Crippen LogP contribution in [-0.4, -0.2) is 76.6 Å². The number of aromatic nitrogens is 1. The molecule has 1 aliphatic carbocycles. The van der Waals surface area contributed by atoms with Crippen molar-refractivity contribution in [3.05, 3.63) is 47.4 Å². The minimum absolute atomic E-state index is 0.193. The standard InChI is InChI=1S/C22H31N7O2/c1-3-11-28-20(30)16-14-24-21(27-12-9-23-10-13-27)26-19(16)29(28)17-6-5-15-7-8-22(31,4-2)18(15)25-17/h3,5-6,14,20-21,23,26,30-31H,1,4,7-13H2,2H3/t20?,21?,22-/m1/s1. The van der Waals surface area contributed by atoms with Crippen LogP contribution in [0.25, 0.3) is 0 Å². The van der Waals surface area contributed by atoms with Crippen molar-refractivity contribution in [2.45, 2.75) is 44.3 Å². The first kappa shape index (κ1) is 20.6. The highest BCUT2D eigenvalue weighted by Crippen LogP contribution is 2.40. The van der Waals surface area contributed by atoms with E-state index in [4.69, 9.17) is 4.98 Å². The van der Waals surface area contributed by atoms with Gasteiger partial charge in [-0.2, -0.15) is 5.01 Å². The highest BCUT2D eigenvalue weighted by atomic mass is 16.3. The van der Waals surface area contributed by atoms with Crippen molar-refractivity contribution in [1.29, 1.82) is 0 Å². The molecule has 1 fully saturated rings. The van der Waals surface area contributed by atoms with Crippen LogP contribution >= 0.6 is 0 Å². The van der Waals surface area contributed by atoms with Crippen LogP contribution in [0.15, 0.2) is 41.2 Å². The molecule has 4 N–H and O–H groups in total.